The molecule has 5 heteroatoms. The molecule has 1 aromatic heterocycles. The van der Waals surface area contributed by atoms with Gasteiger partial charge in [-0.1, -0.05) is 12.8 Å². The fourth-order valence-corrected chi connectivity index (χ4v) is 4.21. The SMILES string of the molecule is Cc1c(CN2CCN(C3CCCC3)C(=O)C2)[nH]c2ccc(F)cc12. The third-order valence-corrected chi connectivity index (χ3v) is 5.61. The molecule has 0 spiro atoms. The maximum Gasteiger partial charge on any atom is 0.237 e. The van der Waals surface area contributed by atoms with Gasteiger partial charge in [-0.25, -0.2) is 4.39 Å². The third kappa shape index (κ3) is 2.81. The van der Waals surface area contributed by atoms with Crippen molar-refractivity contribution in [3.63, 3.8) is 0 Å². The molecule has 2 fully saturated rings. The van der Waals surface area contributed by atoms with Crippen molar-refractivity contribution in [3.05, 3.63) is 35.3 Å². The minimum atomic E-state index is -0.212. The second-order valence-corrected chi connectivity index (χ2v) is 7.15. The Bertz CT molecular complexity index is 763. The van der Waals surface area contributed by atoms with Crippen LogP contribution in [0.3, 0.4) is 0 Å². The van der Waals surface area contributed by atoms with Crippen LogP contribution >= 0.6 is 0 Å². The van der Waals surface area contributed by atoms with Gasteiger partial charge in [-0.2, -0.15) is 0 Å². The van der Waals surface area contributed by atoms with Gasteiger partial charge in [0.2, 0.25) is 5.91 Å². The number of aromatic nitrogens is 1. The molecule has 0 radical (unpaired) electrons. The van der Waals surface area contributed by atoms with Crippen molar-refractivity contribution in [1.29, 1.82) is 0 Å². The van der Waals surface area contributed by atoms with Crippen LogP contribution in [0.15, 0.2) is 18.2 Å². The van der Waals surface area contributed by atoms with Crippen LogP contribution in [-0.2, 0) is 11.3 Å². The van der Waals surface area contributed by atoms with E-state index in [1.54, 1.807) is 12.1 Å². The molecule has 1 aromatic carbocycles. The lowest BCUT2D eigenvalue weighted by Gasteiger charge is -2.37. The Morgan fingerprint density at radius 3 is 2.79 bits per heavy atom. The summed E-state index contributed by atoms with van der Waals surface area (Å²) in [5.41, 5.74) is 3.12. The number of rotatable bonds is 3. The van der Waals surface area contributed by atoms with Gasteiger partial charge in [0.1, 0.15) is 5.82 Å². The average Bonchev–Trinajstić information content (AvgIpc) is 3.18. The molecule has 1 saturated carbocycles. The van der Waals surface area contributed by atoms with Crippen LogP contribution in [0.5, 0.6) is 0 Å². The maximum atomic E-state index is 13.5. The molecule has 1 aliphatic carbocycles. The first kappa shape index (κ1) is 15.6. The molecule has 2 heterocycles. The smallest absolute Gasteiger partial charge is 0.237 e. The summed E-state index contributed by atoms with van der Waals surface area (Å²) < 4.78 is 13.5. The standard InChI is InChI=1S/C19H24FN3O/c1-13-16-10-14(20)6-7-17(16)21-18(13)11-22-8-9-23(19(24)12-22)15-4-2-3-5-15/h6-7,10,15,21H,2-5,8-9,11-12H2,1H3. The lowest BCUT2D eigenvalue weighted by Crippen LogP contribution is -2.53. The van der Waals surface area contributed by atoms with E-state index in [1.807, 2.05) is 6.92 Å². The summed E-state index contributed by atoms with van der Waals surface area (Å²) in [6.45, 7) is 4.96. The van der Waals surface area contributed by atoms with Crippen LogP contribution in [0, 0.1) is 12.7 Å². The fourth-order valence-electron chi connectivity index (χ4n) is 4.21. The van der Waals surface area contributed by atoms with Crippen LogP contribution in [-0.4, -0.2) is 46.4 Å². The Balaban J connectivity index is 1.46. The number of nitrogens with zero attached hydrogens (tertiary/aromatic N) is 2. The number of piperazine rings is 1. The van der Waals surface area contributed by atoms with Crippen molar-refractivity contribution in [2.24, 2.45) is 0 Å². The summed E-state index contributed by atoms with van der Waals surface area (Å²) in [5, 5.41) is 0.931. The minimum Gasteiger partial charge on any atom is -0.357 e. The van der Waals surface area contributed by atoms with Crippen molar-refractivity contribution in [3.8, 4) is 0 Å². The maximum absolute atomic E-state index is 13.5. The Morgan fingerprint density at radius 1 is 1.25 bits per heavy atom. The lowest BCUT2D eigenvalue weighted by molar-refractivity contribution is -0.138. The average molecular weight is 329 g/mol. The molecule has 0 unspecified atom stereocenters. The summed E-state index contributed by atoms with van der Waals surface area (Å²) in [6, 6.07) is 5.31. The Labute approximate surface area is 141 Å². The summed E-state index contributed by atoms with van der Waals surface area (Å²) in [7, 11) is 0. The summed E-state index contributed by atoms with van der Waals surface area (Å²) in [4.78, 5) is 20.2. The van der Waals surface area contributed by atoms with Crippen LogP contribution in [0.1, 0.15) is 36.9 Å². The number of benzene rings is 1. The molecule has 1 aliphatic heterocycles. The molecule has 1 amide bonds. The number of carbonyl (C=O) groups is 1. The van der Waals surface area contributed by atoms with Gasteiger partial charge in [-0.3, -0.25) is 9.69 Å². The summed E-state index contributed by atoms with van der Waals surface area (Å²) >= 11 is 0. The predicted octanol–water partition coefficient (Wildman–Crippen LogP) is 3.20. The number of hydrogen-bond acceptors (Lipinski definition) is 2. The third-order valence-electron chi connectivity index (χ3n) is 5.61. The number of amides is 1. The van der Waals surface area contributed by atoms with Crippen molar-refractivity contribution in [2.45, 2.75) is 45.2 Å². The summed E-state index contributed by atoms with van der Waals surface area (Å²) in [6.07, 6.45) is 4.84. The monoisotopic (exact) mass is 329 g/mol. The number of aromatic amines is 1. The van der Waals surface area contributed by atoms with Crippen molar-refractivity contribution in [1.82, 2.24) is 14.8 Å². The topological polar surface area (TPSA) is 39.3 Å². The number of fused-ring (bicyclic) bond motifs is 1. The normalized spacial score (nSPS) is 20.4. The van der Waals surface area contributed by atoms with Gasteiger partial charge < -0.3 is 9.88 Å². The molecule has 128 valence electrons. The van der Waals surface area contributed by atoms with E-state index in [0.29, 0.717) is 19.1 Å². The second kappa shape index (κ2) is 6.20. The molecule has 4 nitrogen and oxygen atoms in total. The predicted molar refractivity (Wildman–Crippen MR) is 92.2 cm³/mol. The van der Waals surface area contributed by atoms with Crippen molar-refractivity contribution >= 4 is 16.8 Å². The van der Waals surface area contributed by atoms with Crippen molar-refractivity contribution in [2.75, 3.05) is 19.6 Å². The highest BCUT2D eigenvalue weighted by atomic mass is 19.1. The van der Waals surface area contributed by atoms with E-state index in [2.05, 4.69) is 14.8 Å². The first-order valence-corrected chi connectivity index (χ1v) is 8.90. The molecular formula is C19H24FN3O. The van der Waals surface area contributed by atoms with Gasteiger partial charge in [-0.15, -0.1) is 0 Å². The number of H-pyrrole nitrogens is 1. The molecule has 4 rings (SSSR count). The van der Waals surface area contributed by atoms with E-state index in [1.165, 1.54) is 31.7 Å². The summed E-state index contributed by atoms with van der Waals surface area (Å²) in [5.74, 6) is 0.0458. The van der Waals surface area contributed by atoms with Crippen molar-refractivity contribution < 1.29 is 9.18 Å². The van der Waals surface area contributed by atoms with Crippen LogP contribution in [0.2, 0.25) is 0 Å². The molecule has 2 aromatic rings. The second-order valence-electron chi connectivity index (χ2n) is 7.15. The molecule has 0 bridgehead atoms. The molecule has 0 atom stereocenters. The van der Waals surface area contributed by atoms with E-state index in [4.69, 9.17) is 0 Å². The zero-order chi connectivity index (χ0) is 16.7. The highest BCUT2D eigenvalue weighted by molar-refractivity contribution is 5.84. The van der Waals surface area contributed by atoms with Gasteiger partial charge >= 0.3 is 0 Å². The van der Waals surface area contributed by atoms with Crippen LogP contribution in [0.25, 0.3) is 10.9 Å². The largest absolute Gasteiger partial charge is 0.357 e. The number of halogens is 1. The van der Waals surface area contributed by atoms with E-state index in [9.17, 15) is 9.18 Å². The quantitative estimate of drug-likeness (QED) is 0.939. The number of carbonyl (C=O) groups excluding carboxylic acids is 1. The number of nitrogens with one attached hydrogen (secondary N) is 1. The van der Waals surface area contributed by atoms with Gasteiger partial charge in [0, 0.05) is 42.3 Å². The Morgan fingerprint density at radius 2 is 2.04 bits per heavy atom. The molecule has 24 heavy (non-hydrogen) atoms. The number of hydrogen-bond donors (Lipinski definition) is 1. The van der Waals surface area contributed by atoms with Crippen LogP contribution in [0.4, 0.5) is 4.39 Å². The Hall–Kier alpha value is -1.88. The number of aryl methyl sites for hydroxylation is 1. The molecule has 1 saturated heterocycles. The fraction of sp³-hybridized carbons (Fsp3) is 0.526. The highest BCUT2D eigenvalue weighted by Gasteiger charge is 2.31. The van der Waals surface area contributed by atoms with E-state index in [0.717, 1.165) is 35.2 Å². The van der Waals surface area contributed by atoms with E-state index in [-0.39, 0.29) is 11.7 Å². The van der Waals surface area contributed by atoms with Gasteiger partial charge in [0.15, 0.2) is 0 Å². The van der Waals surface area contributed by atoms with Gasteiger partial charge in [-0.05, 0) is 43.5 Å². The Kier molecular flexibility index (Phi) is 4.04. The van der Waals surface area contributed by atoms with E-state index >= 15 is 0 Å². The molecule has 2 aliphatic rings. The van der Waals surface area contributed by atoms with Crippen LogP contribution < -0.4 is 0 Å². The first-order chi connectivity index (χ1) is 11.6. The minimum absolute atomic E-state index is 0.212. The van der Waals surface area contributed by atoms with Gasteiger partial charge in [0.05, 0.1) is 6.54 Å². The molecular weight excluding hydrogens is 305 g/mol. The van der Waals surface area contributed by atoms with Gasteiger partial charge in [0.25, 0.3) is 0 Å². The molecule has 1 N–H and O–H groups in total. The zero-order valence-corrected chi connectivity index (χ0v) is 14.1. The van der Waals surface area contributed by atoms with E-state index < -0.39 is 0 Å². The first-order valence-electron chi connectivity index (χ1n) is 8.90. The zero-order valence-electron chi connectivity index (χ0n) is 14.1. The lowest BCUT2D eigenvalue weighted by atomic mass is 10.1. The highest BCUT2D eigenvalue weighted by Crippen LogP contribution is 2.27.